The van der Waals surface area contributed by atoms with Crippen LogP contribution in [0.4, 0.5) is 5.69 Å². The van der Waals surface area contributed by atoms with Crippen LogP contribution in [-0.2, 0) is 21.2 Å². The maximum Gasteiger partial charge on any atom is 0.262 e. The quantitative estimate of drug-likeness (QED) is 0.390. The standard InChI is InChI=1S/C26H28N2O8S/c1-32-22-9-3-18(15-24(22)33-2)11-12-27-37(30,31)21-7-5-20(6-8-21)36-17-26(29)28-19-4-10-23-25(16-19)35-14-13-34-23/h3-10,15-16,27H,11-14,17H2,1-2H3,(H,28,29). The lowest BCUT2D eigenvalue weighted by Gasteiger charge is -2.19. The molecule has 0 aromatic heterocycles. The van der Waals surface area contributed by atoms with Gasteiger partial charge in [0.05, 0.1) is 19.1 Å². The van der Waals surface area contributed by atoms with Crippen molar-refractivity contribution in [1.82, 2.24) is 4.72 Å². The van der Waals surface area contributed by atoms with Crippen molar-refractivity contribution in [2.45, 2.75) is 11.3 Å². The molecule has 0 atom stereocenters. The average Bonchev–Trinajstić information content (AvgIpc) is 2.92. The Morgan fingerprint density at radius 3 is 2.35 bits per heavy atom. The summed E-state index contributed by atoms with van der Waals surface area (Å²) in [7, 11) is -0.618. The second-order valence-electron chi connectivity index (χ2n) is 8.00. The van der Waals surface area contributed by atoms with Gasteiger partial charge in [0, 0.05) is 18.3 Å². The lowest BCUT2D eigenvalue weighted by molar-refractivity contribution is -0.118. The van der Waals surface area contributed by atoms with Gasteiger partial charge in [-0.2, -0.15) is 0 Å². The lowest BCUT2D eigenvalue weighted by atomic mass is 10.1. The van der Waals surface area contributed by atoms with E-state index in [9.17, 15) is 13.2 Å². The minimum atomic E-state index is -3.72. The van der Waals surface area contributed by atoms with E-state index in [1.54, 1.807) is 38.5 Å². The Labute approximate surface area is 215 Å². The molecule has 0 aliphatic carbocycles. The molecule has 196 valence electrons. The Hall–Kier alpha value is -3.96. The first-order valence-electron chi connectivity index (χ1n) is 11.5. The van der Waals surface area contributed by atoms with Crippen LogP contribution < -0.4 is 33.7 Å². The minimum Gasteiger partial charge on any atom is -0.493 e. The van der Waals surface area contributed by atoms with E-state index in [2.05, 4.69) is 10.0 Å². The Bertz CT molecular complexity index is 1340. The van der Waals surface area contributed by atoms with Gasteiger partial charge < -0.3 is 29.0 Å². The van der Waals surface area contributed by atoms with Gasteiger partial charge in [0.1, 0.15) is 19.0 Å². The topological polar surface area (TPSA) is 121 Å². The molecule has 3 aromatic rings. The van der Waals surface area contributed by atoms with Crippen LogP contribution in [0, 0.1) is 0 Å². The molecule has 1 aliphatic heterocycles. The lowest BCUT2D eigenvalue weighted by Crippen LogP contribution is -2.26. The van der Waals surface area contributed by atoms with Crippen molar-refractivity contribution in [2.75, 3.05) is 45.9 Å². The maximum absolute atomic E-state index is 12.6. The third-order valence-corrected chi connectivity index (χ3v) is 6.96. The number of rotatable bonds is 11. The van der Waals surface area contributed by atoms with E-state index in [1.807, 2.05) is 12.1 Å². The van der Waals surface area contributed by atoms with Gasteiger partial charge in [-0.15, -0.1) is 0 Å². The number of sulfonamides is 1. The molecule has 1 amide bonds. The number of fused-ring (bicyclic) bond motifs is 1. The van der Waals surface area contributed by atoms with E-state index in [0.29, 0.717) is 54.1 Å². The van der Waals surface area contributed by atoms with Crippen molar-refractivity contribution in [3.05, 3.63) is 66.2 Å². The number of benzene rings is 3. The molecule has 0 spiro atoms. The Morgan fingerprint density at radius 1 is 0.892 bits per heavy atom. The second kappa shape index (κ2) is 11.8. The fraction of sp³-hybridized carbons (Fsp3) is 0.269. The predicted molar refractivity (Wildman–Crippen MR) is 136 cm³/mol. The number of nitrogens with one attached hydrogen (secondary N) is 2. The summed E-state index contributed by atoms with van der Waals surface area (Å²) >= 11 is 0. The number of anilines is 1. The molecule has 10 nitrogen and oxygen atoms in total. The highest BCUT2D eigenvalue weighted by atomic mass is 32.2. The monoisotopic (exact) mass is 528 g/mol. The highest BCUT2D eigenvalue weighted by molar-refractivity contribution is 7.89. The molecule has 0 fully saturated rings. The molecule has 0 saturated carbocycles. The number of carbonyl (C=O) groups excluding carboxylic acids is 1. The Balaban J connectivity index is 1.26. The van der Waals surface area contributed by atoms with E-state index in [1.165, 1.54) is 24.3 Å². The van der Waals surface area contributed by atoms with Crippen LogP contribution in [-0.4, -0.2) is 54.9 Å². The third kappa shape index (κ3) is 6.83. The number of carbonyl (C=O) groups is 1. The van der Waals surface area contributed by atoms with Crippen molar-refractivity contribution in [3.63, 3.8) is 0 Å². The van der Waals surface area contributed by atoms with Crippen molar-refractivity contribution in [1.29, 1.82) is 0 Å². The second-order valence-corrected chi connectivity index (χ2v) is 9.77. The van der Waals surface area contributed by atoms with Gasteiger partial charge >= 0.3 is 0 Å². The first kappa shape index (κ1) is 26.1. The molecule has 37 heavy (non-hydrogen) atoms. The average molecular weight is 529 g/mol. The van der Waals surface area contributed by atoms with Gasteiger partial charge in [-0.05, 0) is 60.5 Å². The molecule has 0 radical (unpaired) electrons. The summed E-state index contributed by atoms with van der Waals surface area (Å²) in [5, 5.41) is 2.73. The summed E-state index contributed by atoms with van der Waals surface area (Å²) in [5.41, 5.74) is 1.46. The van der Waals surface area contributed by atoms with Gasteiger partial charge in [0.2, 0.25) is 10.0 Å². The SMILES string of the molecule is COc1ccc(CCNS(=O)(=O)c2ccc(OCC(=O)Nc3ccc4c(c3)OCCO4)cc2)cc1OC. The van der Waals surface area contributed by atoms with E-state index < -0.39 is 10.0 Å². The molecule has 0 unspecified atom stereocenters. The van der Waals surface area contributed by atoms with Gasteiger partial charge in [0.15, 0.2) is 29.6 Å². The van der Waals surface area contributed by atoms with Gasteiger partial charge in [-0.3, -0.25) is 4.79 Å². The molecule has 11 heteroatoms. The van der Waals surface area contributed by atoms with Crippen LogP contribution in [0.3, 0.4) is 0 Å². The van der Waals surface area contributed by atoms with Crippen molar-refractivity contribution < 1.29 is 36.9 Å². The summed E-state index contributed by atoms with van der Waals surface area (Å²) in [6, 6.07) is 16.4. The van der Waals surface area contributed by atoms with Crippen molar-refractivity contribution >= 4 is 21.6 Å². The highest BCUT2D eigenvalue weighted by Gasteiger charge is 2.15. The normalized spacial score (nSPS) is 12.5. The summed E-state index contributed by atoms with van der Waals surface area (Å²) in [4.78, 5) is 12.4. The van der Waals surface area contributed by atoms with Gasteiger partial charge in [0.25, 0.3) is 5.91 Å². The van der Waals surface area contributed by atoms with Gasteiger partial charge in [-0.1, -0.05) is 6.07 Å². The van der Waals surface area contributed by atoms with E-state index >= 15 is 0 Å². The summed E-state index contributed by atoms with van der Waals surface area (Å²) in [5.74, 6) is 2.38. The highest BCUT2D eigenvalue weighted by Crippen LogP contribution is 2.32. The minimum absolute atomic E-state index is 0.0906. The molecular weight excluding hydrogens is 500 g/mol. The zero-order valence-electron chi connectivity index (χ0n) is 20.5. The largest absolute Gasteiger partial charge is 0.493 e. The van der Waals surface area contributed by atoms with Crippen LogP contribution in [0.5, 0.6) is 28.7 Å². The van der Waals surface area contributed by atoms with Crippen LogP contribution >= 0.6 is 0 Å². The van der Waals surface area contributed by atoms with Crippen LogP contribution in [0.2, 0.25) is 0 Å². The number of hydrogen-bond acceptors (Lipinski definition) is 8. The first-order valence-corrected chi connectivity index (χ1v) is 13.0. The van der Waals surface area contributed by atoms with Gasteiger partial charge in [-0.25, -0.2) is 13.1 Å². The van der Waals surface area contributed by atoms with Crippen LogP contribution in [0.25, 0.3) is 0 Å². The molecule has 0 saturated heterocycles. The first-order chi connectivity index (χ1) is 17.9. The van der Waals surface area contributed by atoms with Crippen LogP contribution in [0.1, 0.15) is 5.56 Å². The van der Waals surface area contributed by atoms with Crippen molar-refractivity contribution in [3.8, 4) is 28.7 Å². The fourth-order valence-corrected chi connectivity index (χ4v) is 4.66. The smallest absolute Gasteiger partial charge is 0.262 e. The number of methoxy groups -OCH3 is 2. The molecular formula is C26H28N2O8S. The molecule has 3 aromatic carbocycles. The number of hydrogen-bond donors (Lipinski definition) is 2. The zero-order valence-corrected chi connectivity index (χ0v) is 21.3. The summed E-state index contributed by atoms with van der Waals surface area (Å²) in [6.07, 6.45) is 0.471. The number of ether oxygens (including phenoxy) is 5. The summed E-state index contributed by atoms with van der Waals surface area (Å²) < 4.78 is 54.8. The van der Waals surface area contributed by atoms with E-state index in [-0.39, 0.29) is 24.0 Å². The van der Waals surface area contributed by atoms with Crippen LogP contribution in [0.15, 0.2) is 65.6 Å². The van der Waals surface area contributed by atoms with Crippen molar-refractivity contribution in [2.24, 2.45) is 0 Å². The predicted octanol–water partition coefficient (Wildman–Crippen LogP) is 3.01. The zero-order chi connectivity index (χ0) is 26.3. The third-order valence-electron chi connectivity index (χ3n) is 5.48. The molecule has 1 aliphatic rings. The molecule has 0 bridgehead atoms. The molecule has 2 N–H and O–H groups in total. The molecule has 1 heterocycles. The van der Waals surface area contributed by atoms with E-state index in [0.717, 1.165) is 5.56 Å². The summed E-state index contributed by atoms with van der Waals surface area (Å²) in [6.45, 7) is 0.898. The van der Waals surface area contributed by atoms with E-state index in [4.69, 9.17) is 23.7 Å². The Kier molecular flexibility index (Phi) is 8.36. The number of amides is 1. The fourth-order valence-electron chi connectivity index (χ4n) is 3.63. The maximum atomic E-state index is 12.6. The molecule has 4 rings (SSSR count). The Morgan fingerprint density at radius 2 is 1.62 bits per heavy atom.